The van der Waals surface area contributed by atoms with Crippen LogP contribution in [0.4, 0.5) is 8.78 Å². The van der Waals surface area contributed by atoms with E-state index >= 15 is 0 Å². The van der Waals surface area contributed by atoms with Crippen molar-refractivity contribution in [2.24, 2.45) is 0 Å². The van der Waals surface area contributed by atoms with E-state index in [1.54, 1.807) is 12.4 Å². The van der Waals surface area contributed by atoms with Crippen LogP contribution in [0.5, 0.6) is 0 Å². The van der Waals surface area contributed by atoms with Crippen LogP contribution in [0.2, 0.25) is 0 Å². The minimum Gasteiger partial charge on any atom is -0.373 e. The Kier molecular flexibility index (Phi) is 5.38. The van der Waals surface area contributed by atoms with E-state index in [2.05, 4.69) is 9.97 Å². The molecule has 2 unspecified atom stereocenters. The molecule has 1 fully saturated rings. The molecule has 1 aromatic carbocycles. The summed E-state index contributed by atoms with van der Waals surface area (Å²) < 4.78 is 41.4. The van der Waals surface area contributed by atoms with Crippen LogP contribution in [-0.4, -0.2) is 26.0 Å². The predicted octanol–water partition coefficient (Wildman–Crippen LogP) is 4.40. The highest BCUT2D eigenvalue weighted by molar-refractivity contribution is 5.74. The van der Waals surface area contributed by atoms with Gasteiger partial charge in [0.25, 0.3) is 5.56 Å². The molecular formula is C26H22F2N4O3. The molecule has 6 rings (SSSR count). The van der Waals surface area contributed by atoms with Crippen molar-refractivity contribution in [3.63, 3.8) is 0 Å². The summed E-state index contributed by atoms with van der Waals surface area (Å²) in [7, 11) is 0. The van der Waals surface area contributed by atoms with Crippen molar-refractivity contribution in [2.45, 2.75) is 45.0 Å². The minimum absolute atomic E-state index is 0.0368. The molecule has 35 heavy (non-hydrogen) atoms. The fourth-order valence-electron chi connectivity index (χ4n) is 4.88. The maximum Gasteiger partial charge on any atom is 0.263 e. The molecule has 2 atom stereocenters. The Hall–Kier alpha value is -3.56. The van der Waals surface area contributed by atoms with E-state index in [0.29, 0.717) is 36.4 Å². The highest BCUT2D eigenvalue weighted by Crippen LogP contribution is 2.38. The van der Waals surface area contributed by atoms with Gasteiger partial charge in [0.05, 0.1) is 36.3 Å². The summed E-state index contributed by atoms with van der Waals surface area (Å²) in [6.45, 7) is 2.84. The fraction of sp³-hybridized carbons (Fsp3) is 0.308. The predicted molar refractivity (Wildman–Crippen MR) is 123 cm³/mol. The molecule has 5 heterocycles. The molecule has 178 valence electrons. The molecule has 3 aromatic heterocycles. The van der Waals surface area contributed by atoms with Gasteiger partial charge < -0.3 is 9.47 Å². The molecule has 0 bridgehead atoms. The molecule has 9 heteroatoms. The van der Waals surface area contributed by atoms with Crippen LogP contribution in [0, 0.1) is 18.6 Å². The van der Waals surface area contributed by atoms with Gasteiger partial charge in [0, 0.05) is 42.2 Å². The van der Waals surface area contributed by atoms with Crippen LogP contribution < -0.4 is 5.56 Å². The number of fused-ring (bicyclic) bond motifs is 2. The van der Waals surface area contributed by atoms with Gasteiger partial charge in [-0.15, -0.1) is 0 Å². The van der Waals surface area contributed by atoms with Gasteiger partial charge in [-0.25, -0.2) is 18.7 Å². The van der Waals surface area contributed by atoms with Gasteiger partial charge in [0.15, 0.2) is 5.65 Å². The Labute approximate surface area is 199 Å². The molecule has 0 spiro atoms. The Morgan fingerprint density at radius 3 is 2.83 bits per heavy atom. The lowest BCUT2D eigenvalue weighted by Gasteiger charge is -2.30. The average Bonchev–Trinajstić information content (AvgIpc) is 3.33. The maximum atomic E-state index is 14.9. The van der Waals surface area contributed by atoms with E-state index < -0.39 is 11.6 Å². The Bertz CT molecular complexity index is 1520. The second-order valence-corrected chi connectivity index (χ2v) is 8.98. The number of rotatable bonds is 3. The van der Waals surface area contributed by atoms with E-state index in [9.17, 15) is 13.6 Å². The summed E-state index contributed by atoms with van der Waals surface area (Å²) in [5.74, 6) is -1.49. The number of pyridine rings is 1. The molecule has 0 amide bonds. The number of hydrogen-bond donors (Lipinski definition) is 0. The van der Waals surface area contributed by atoms with Gasteiger partial charge in [0.2, 0.25) is 0 Å². The smallest absolute Gasteiger partial charge is 0.263 e. The molecule has 2 aliphatic rings. The number of aryl methyl sites for hydroxylation is 1. The molecule has 0 radical (unpaired) electrons. The van der Waals surface area contributed by atoms with Crippen LogP contribution in [0.15, 0.2) is 47.5 Å². The van der Waals surface area contributed by atoms with E-state index in [1.807, 2.05) is 19.1 Å². The Morgan fingerprint density at radius 2 is 2.00 bits per heavy atom. The highest BCUT2D eigenvalue weighted by Gasteiger charge is 2.29. The number of ether oxygens (including phenoxy) is 2. The SMILES string of the molecule is Cc1cc(C2CC(c3cn4c(=O)c5c(nc4c(-c4ccc(F)cc4F)n3)COC5)CCO2)ccn1. The van der Waals surface area contributed by atoms with E-state index in [-0.39, 0.29) is 47.7 Å². The maximum absolute atomic E-state index is 14.9. The second kappa shape index (κ2) is 8.58. The number of benzene rings is 1. The average molecular weight is 476 g/mol. The first-order chi connectivity index (χ1) is 17.0. The van der Waals surface area contributed by atoms with E-state index in [0.717, 1.165) is 17.3 Å². The molecule has 0 N–H and O–H groups in total. The zero-order valence-electron chi connectivity index (χ0n) is 19.0. The largest absolute Gasteiger partial charge is 0.373 e. The van der Waals surface area contributed by atoms with Crippen LogP contribution >= 0.6 is 0 Å². The lowest BCUT2D eigenvalue weighted by molar-refractivity contribution is 0.00451. The zero-order chi connectivity index (χ0) is 24.1. The van der Waals surface area contributed by atoms with Crippen molar-refractivity contribution in [3.05, 3.63) is 92.9 Å². The Balaban J connectivity index is 1.51. The van der Waals surface area contributed by atoms with Crippen LogP contribution in [0.25, 0.3) is 16.9 Å². The summed E-state index contributed by atoms with van der Waals surface area (Å²) in [5, 5.41) is 0. The summed E-state index contributed by atoms with van der Waals surface area (Å²) in [6.07, 6.45) is 4.64. The van der Waals surface area contributed by atoms with Gasteiger partial charge in [0.1, 0.15) is 17.3 Å². The molecular weight excluding hydrogens is 454 g/mol. The van der Waals surface area contributed by atoms with Crippen LogP contribution in [0.1, 0.15) is 53.1 Å². The van der Waals surface area contributed by atoms with Crippen LogP contribution in [0.3, 0.4) is 0 Å². The van der Waals surface area contributed by atoms with Gasteiger partial charge in [-0.05, 0) is 49.6 Å². The lowest BCUT2D eigenvalue weighted by Crippen LogP contribution is -2.24. The van der Waals surface area contributed by atoms with Crippen molar-refractivity contribution >= 4 is 5.65 Å². The quantitative estimate of drug-likeness (QED) is 0.436. The van der Waals surface area contributed by atoms with Crippen molar-refractivity contribution in [3.8, 4) is 11.3 Å². The monoisotopic (exact) mass is 476 g/mol. The van der Waals surface area contributed by atoms with Crippen molar-refractivity contribution in [1.82, 2.24) is 19.4 Å². The van der Waals surface area contributed by atoms with Crippen molar-refractivity contribution in [2.75, 3.05) is 6.61 Å². The summed E-state index contributed by atoms with van der Waals surface area (Å²) in [6, 6.07) is 7.25. The van der Waals surface area contributed by atoms with Gasteiger partial charge in [-0.3, -0.25) is 14.2 Å². The van der Waals surface area contributed by atoms with Crippen LogP contribution in [-0.2, 0) is 22.7 Å². The summed E-state index contributed by atoms with van der Waals surface area (Å²) in [4.78, 5) is 27.0. The Morgan fingerprint density at radius 1 is 1.11 bits per heavy atom. The van der Waals surface area contributed by atoms with Crippen molar-refractivity contribution < 1.29 is 18.3 Å². The van der Waals surface area contributed by atoms with Gasteiger partial charge in [-0.1, -0.05) is 0 Å². The fourth-order valence-corrected chi connectivity index (χ4v) is 4.88. The molecule has 0 aliphatic carbocycles. The first-order valence-corrected chi connectivity index (χ1v) is 11.5. The van der Waals surface area contributed by atoms with E-state index in [4.69, 9.17) is 14.5 Å². The molecule has 7 nitrogen and oxygen atoms in total. The highest BCUT2D eigenvalue weighted by atomic mass is 19.1. The summed E-state index contributed by atoms with van der Waals surface area (Å²) >= 11 is 0. The zero-order valence-corrected chi connectivity index (χ0v) is 19.0. The number of hydrogen-bond acceptors (Lipinski definition) is 6. The standard InChI is InChI=1S/C26H22F2N4O3/c1-14-8-16(4-6-29-14)23-9-15(5-7-35-23)21-11-32-25(31-22-13-34-12-19(22)26(32)33)24(30-21)18-3-2-17(27)10-20(18)28/h2-4,6,8,10-11,15,23H,5,7,9,12-13H2,1H3. The molecule has 4 aromatic rings. The first kappa shape index (κ1) is 21.9. The first-order valence-electron chi connectivity index (χ1n) is 11.5. The number of aromatic nitrogens is 4. The topological polar surface area (TPSA) is 78.6 Å². The second-order valence-electron chi connectivity index (χ2n) is 8.98. The third-order valence-corrected chi connectivity index (χ3v) is 6.67. The van der Waals surface area contributed by atoms with Crippen molar-refractivity contribution in [1.29, 1.82) is 0 Å². The molecule has 1 saturated heterocycles. The lowest BCUT2D eigenvalue weighted by atomic mass is 9.89. The third kappa shape index (κ3) is 3.90. The minimum atomic E-state index is -0.764. The number of halogens is 2. The number of nitrogens with zero attached hydrogens (tertiary/aromatic N) is 4. The molecule has 0 saturated carbocycles. The molecule has 2 aliphatic heterocycles. The normalized spacial score (nSPS) is 19.7. The summed E-state index contributed by atoms with van der Waals surface area (Å²) in [5.41, 5.74) is 3.83. The van der Waals surface area contributed by atoms with Gasteiger partial charge in [-0.2, -0.15) is 0 Å². The van der Waals surface area contributed by atoms with E-state index in [1.165, 1.54) is 16.5 Å². The van der Waals surface area contributed by atoms with Gasteiger partial charge >= 0.3 is 0 Å². The third-order valence-electron chi connectivity index (χ3n) is 6.67.